The Labute approximate surface area is 245 Å². The summed E-state index contributed by atoms with van der Waals surface area (Å²) in [5, 5.41) is 16.1. The van der Waals surface area contributed by atoms with Crippen LogP contribution in [0.5, 0.6) is 0 Å². The molecule has 2 amide bonds. The number of carbonyl (C=O) groups is 2. The second-order valence-corrected chi connectivity index (χ2v) is 10.7. The maximum absolute atomic E-state index is 14.6. The number of fused-ring (bicyclic) bond motifs is 1. The van der Waals surface area contributed by atoms with Gasteiger partial charge in [-0.1, -0.05) is 12.1 Å². The van der Waals surface area contributed by atoms with Gasteiger partial charge in [-0.05, 0) is 42.0 Å². The molecule has 2 aromatic carbocycles. The molecule has 0 radical (unpaired) electrons. The van der Waals surface area contributed by atoms with Crippen LogP contribution in [-0.2, 0) is 11.3 Å². The van der Waals surface area contributed by atoms with E-state index in [1.807, 2.05) is 12.1 Å². The third kappa shape index (κ3) is 6.04. The van der Waals surface area contributed by atoms with Gasteiger partial charge in [0.25, 0.3) is 5.91 Å². The van der Waals surface area contributed by atoms with Crippen LogP contribution in [0.4, 0.5) is 24.7 Å². The molecule has 0 saturated carbocycles. The zero-order valence-electron chi connectivity index (χ0n) is 23.2. The van der Waals surface area contributed by atoms with Crippen molar-refractivity contribution in [2.24, 2.45) is 0 Å². The molecule has 2 aliphatic heterocycles. The highest BCUT2D eigenvalue weighted by molar-refractivity contribution is 6.08. The summed E-state index contributed by atoms with van der Waals surface area (Å²) in [6.45, 7) is 2.70. The molecule has 6 rings (SSSR count). The van der Waals surface area contributed by atoms with E-state index >= 15 is 0 Å². The summed E-state index contributed by atoms with van der Waals surface area (Å²) in [6, 6.07) is 11.4. The van der Waals surface area contributed by atoms with Crippen molar-refractivity contribution in [2.45, 2.75) is 25.2 Å². The number of benzene rings is 2. The number of aromatic nitrogens is 3. The first kappa shape index (κ1) is 28.6. The van der Waals surface area contributed by atoms with Gasteiger partial charge in [-0.3, -0.25) is 14.5 Å². The van der Waals surface area contributed by atoms with Gasteiger partial charge in [-0.2, -0.15) is 5.10 Å². The van der Waals surface area contributed by atoms with Crippen LogP contribution in [0.3, 0.4) is 0 Å². The van der Waals surface area contributed by atoms with Gasteiger partial charge in [0, 0.05) is 56.6 Å². The predicted octanol–water partition coefficient (Wildman–Crippen LogP) is 3.19. The average molecular weight is 594 g/mol. The van der Waals surface area contributed by atoms with E-state index < -0.39 is 36.4 Å². The molecule has 43 heavy (non-hydrogen) atoms. The second kappa shape index (κ2) is 12.0. The molecule has 2 aliphatic rings. The Bertz CT molecular complexity index is 1640. The zero-order valence-corrected chi connectivity index (χ0v) is 23.2. The maximum Gasteiger partial charge on any atom is 0.261 e. The number of aliphatic hydroxyl groups is 1. The molecule has 10 nitrogen and oxygen atoms in total. The van der Waals surface area contributed by atoms with Gasteiger partial charge < -0.3 is 20.2 Å². The fourth-order valence-corrected chi connectivity index (χ4v) is 5.69. The van der Waals surface area contributed by atoms with E-state index in [4.69, 9.17) is 5.11 Å². The van der Waals surface area contributed by atoms with Crippen molar-refractivity contribution in [3.05, 3.63) is 89.2 Å². The molecule has 0 unspecified atom stereocenters. The molecule has 4 heterocycles. The maximum atomic E-state index is 14.6. The van der Waals surface area contributed by atoms with Crippen LogP contribution in [0.1, 0.15) is 33.9 Å². The Balaban J connectivity index is 1.14. The number of aliphatic hydroxyl groups excluding tert-OH is 1. The highest BCUT2D eigenvalue weighted by atomic mass is 19.1. The Morgan fingerprint density at radius 2 is 1.79 bits per heavy atom. The van der Waals surface area contributed by atoms with E-state index in [0.29, 0.717) is 44.2 Å². The van der Waals surface area contributed by atoms with Gasteiger partial charge in [0.15, 0.2) is 5.65 Å². The molecule has 0 bridgehead atoms. The standard InChI is InChI=1S/C30H30F3N7O3/c31-20-3-6-25(33)23(13-20)26-14-21(32)17-39(26)27-7-8-40-29(36-27)24(15-34-40)30(43)35-22-4-1-19(2-5-22)16-37-9-11-38(12-10-37)28(42)18-41/h1-8,13,15,21,26,41H,9-12,14,16-18H2,(H,35,43)/t21-,26+/m0/s1. The molecule has 2 atom stereocenters. The SMILES string of the molecule is O=C(Nc1ccc(CN2CCN(C(=O)CO)CC2)cc1)c1cnn2ccc(N3C[C@@H](F)C[C@@H]3c3cc(F)ccc3F)nc12. The van der Waals surface area contributed by atoms with E-state index in [1.54, 1.807) is 34.2 Å². The highest BCUT2D eigenvalue weighted by Gasteiger charge is 2.36. The first-order valence-electron chi connectivity index (χ1n) is 14.0. The van der Waals surface area contributed by atoms with Crippen molar-refractivity contribution < 1.29 is 27.9 Å². The minimum atomic E-state index is -1.26. The smallest absolute Gasteiger partial charge is 0.261 e. The summed E-state index contributed by atoms with van der Waals surface area (Å²) in [6.07, 6.45) is 1.70. The van der Waals surface area contributed by atoms with E-state index in [-0.39, 0.29) is 35.6 Å². The summed E-state index contributed by atoms with van der Waals surface area (Å²) < 4.78 is 44.5. The molecule has 0 aliphatic carbocycles. The molecule has 2 aromatic heterocycles. The van der Waals surface area contributed by atoms with Crippen molar-refractivity contribution in [3.8, 4) is 0 Å². The molecule has 224 valence electrons. The Hall–Kier alpha value is -4.49. The number of rotatable bonds is 7. The minimum Gasteiger partial charge on any atom is -0.387 e. The number of amides is 2. The Morgan fingerprint density at radius 1 is 1.02 bits per heavy atom. The third-order valence-electron chi connectivity index (χ3n) is 7.94. The van der Waals surface area contributed by atoms with Crippen molar-refractivity contribution in [1.82, 2.24) is 24.4 Å². The van der Waals surface area contributed by atoms with Crippen LogP contribution in [-0.4, -0.2) is 86.8 Å². The molecule has 2 saturated heterocycles. The Kier molecular flexibility index (Phi) is 8.00. The number of hydrogen-bond donors (Lipinski definition) is 2. The van der Waals surface area contributed by atoms with E-state index in [2.05, 4.69) is 20.3 Å². The van der Waals surface area contributed by atoms with Crippen molar-refractivity contribution >= 4 is 29.0 Å². The number of nitrogens with one attached hydrogen (secondary N) is 1. The zero-order chi connectivity index (χ0) is 30.1. The molecular weight excluding hydrogens is 563 g/mol. The van der Waals surface area contributed by atoms with Crippen LogP contribution in [0.25, 0.3) is 5.65 Å². The summed E-state index contributed by atoms with van der Waals surface area (Å²) in [5.41, 5.74) is 2.11. The van der Waals surface area contributed by atoms with E-state index in [1.165, 1.54) is 10.7 Å². The first-order chi connectivity index (χ1) is 20.8. The third-order valence-corrected chi connectivity index (χ3v) is 7.94. The molecule has 2 N–H and O–H groups in total. The van der Waals surface area contributed by atoms with Crippen LogP contribution in [0.15, 0.2) is 60.9 Å². The first-order valence-corrected chi connectivity index (χ1v) is 14.0. The van der Waals surface area contributed by atoms with Gasteiger partial charge in [-0.15, -0.1) is 0 Å². The molecule has 2 fully saturated rings. The fraction of sp³-hybridized carbons (Fsp3) is 0.333. The largest absolute Gasteiger partial charge is 0.387 e. The number of halogens is 3. The van der Waals surface area contributed by atoms with Crippen molar-refractivity contribution in [3.63, 3.8) is 0 Å². The predicted molar refractivity (Wildman–Crippen MR) is 152 cm³/mol. The monoisotopic (exact) mass is 593 g/mol. The molecular formula is C30H30F3N7O3. The van der Waals surface area contributed by atoms with Crippen LogP contribution < -0.4 is 10.2 Å². The van der Waals surface area contributed by atoms with Crippen molar-refractivity contribution in [2.75, 3.05) is 49.5 Å². The van der Waals surface area contributed by atoms with Gasteiger partial charge >= 0.3 is 0 Å². The van der Waals surface area contributed by atoms with Crippen LogP contribution in [0, 0.1) is 11.6 Å². The minimum absolute atomic E-state index is 0.0184. The van der Waals surface area contributed by atoms with Crippen LogP contribution >= 0.6 is 0 Å². The number of nitrogens with zero attached hydrogens (tertiary/aromatic N) is 6. The number of anilines is 2. The molecule has 4 aromatic rings. The topological polar surface area (TPSA) is 106 Å². The summed E-state index contributed by atoms with van der Waals surface area (Å²) >= 11 is 0. The molecule has 0 spiro atoms. The average Bonchev–Trinajstić information content (AvgIpc) is 3.62. The summed E-state index contributed by atoms with van der Waals surface area (Å²) in [7, 11) is 0. The lowest BCUT2D eigenvalue weighted by Gasteiger charge is -2.34. The fourth-order valence-electron chi connectivity index (χ4n) is 5.69. The van der Waals surface area contributed by atoms with Gasteiger partial charge in [-0.25, -0.2) is 22.7 Å². The summed E-state index contributed by atoms with van der Waals surface area (Å²) in [4.78, 5) is 34.9. The van der Waals surface area contributed by atoms with Crippen molar-refractivity contribution in [1.29, 1.82) is 0 Å². The lowest BCUT2D eigenvalue weighted by atomic mass is 10.0. The van der Waals surface area contributed by atoms with E-state index in [0.717, 1.165) is 23.8 Å². The second-order valence-electron chi connectivity index (χ2n) is 10.7. The number of hydrogen-bond acceptors (Lipinski definition) is 7. The number of carbonyl (C=O) groups excluding carboxylic acids is 2. The van der Waals surface area contributed by atoms with Crippen LogP contribution in [0.2, 0.25) is 0 Å². The lowest BCUT2D eigenvalue weighted by Crippen LogP contribution is -2.49. The molecule has 13 heteroatoms. The quantitative estimate of drug-likeness (QED) is 0.339. The van der Waals surface area contributed by atoms with E-state index in [9.17, 15) is 22.8 Å². The number of alkyl halides is 1. The lowest BCUT2D eigenvalue weighted by molar-refractivity contribution is -0.136. The Morgan fingerprint density at radius 3 is 2.53 bits per heavy atom. The number of piperazine rings is 1. The van der Waals surface area contributed by atoms with Gasteiger partial charge in [0.2, 0.25) is 5.91 Å². The normalized spacial score (nSPS) is 19.3. The van der Waals surface area contributed by atoms with Gasteiger partial charge in [0.05, 0.1) is 18.8 Å². The highest BCUT2D eigenvalue weighted by Crippen LogP contribution is 2.38. The summed E-state index contributed by atoms with van der Waals surface area (Å²) in [5.74, 6) is -1.61. The van der Waals surface area contributed by atoms with Gasteiger partial charge in [0.1, 0.15) is 35.8 Å².